The fourth-order valence-electron chi connectivity index (χ4n) is 2.28. The van der Waals surface area contributed by atoms with Crippen molar-refractivity contribution < 1.29 is 0 Å². The maximum atomic E-state index is 4.66. The van der Waals surface area contributed by atoms with E-state index in [1.807, 2.05) is 30.3 Å². The molecule has 4 heterocycles. The van der Waals surface area contributed by atoms with Gasteiger partial charge in [-0.2, -0.15) is 0 Å². The van der Waals surface area contributed by atoms with Gasteiger partial charge in [-0.15, -0.1) is 0 Å². The lowest BCUT2D eigenvalue weighted by atomic mass is 10.2. The molecule has 25 heavy (non-hydrogen) atoms. The topological polar surface area (TPSA) is 89.4 Å². The summed E-state index contributed by atoms with van der Waals surface area (Å²) in [5.74, 6) is 1.66. The predicted octanol–water partition coefficient (Wildman–Crippen LogP) is 3.13. The SMILES string of the molecule is c1cnc(Nc2cc(-c3cccnc3)nc(-c3ccncc3)n2)nc1. The van der Waals surface area contributed by atoms with Gasteiger partial charge in [0.2, 0.25) is 5.95 Å². The van der Waals surface area contributed by atoms with Crippen molar-refractivity contribution in [1.29, 1.82) is 0 Å². The Labute approximate surface area is 143 Å². The van der Waals surface area contributed by atoms with Gasteiger partial charge in [0.25, 0.3) is 0 Å². The highest BCUT2D eigenvalue weighted by molar-refractivity contribution is 5.68. The lowest BCUT2D eigenvalue weighted by Crippen LogP contribution is -2.01. The Morgan fingerprint density at radius 2 is 1.56 bits per heavy atom. The second-order valence-corrected chi connectivity index (χ2v) is 5.14. The van der Waals surface area contributed by atoms with Crippen molar-refractivity contribution in [2.45, 2.75) is 0 Å². The van der Waals surface area contributed by atoms with Gasteiger partial charge in [0, 0.05) is 54.4 Å². The molecule has 0 radical (unpaired) electrons. The zero-order valence-corrected chi connectivity index (χ0v) is 13.1. The minimum Gasteiger partial charge on any atom is -0.309 e. The largest absolute Gasteiger partial charge is 0.309 e. The van der Waals surface area contributed by atoms with Crippen LogP contribution in [0.25, 0.3) is 22.6 Å². The fourth-order valence-corrected chi connectivity index (χ4v) is 2.28. The third-order valence-corrected chi connectivity index (χ3v) is 3.43. The molecule has 120 valence electrons. The monoisotopic (exact) mass is 327 g/mol. The van der Waals surface area contributed by atoms with E-state index in [9.17, 15) is 0 Å². The molecule has 0 bridgehead atoms. The number of anilines is 2. The van der Waals surface area contributed by atoms with Crippen molar-refractivity contribution in [2.24, 2.45) is 0 Å². The van der Waals surface area contributed by atoms with Gasteiger partial charge in [-0.05, 0) is 30.3 Å². The minimum absolute atomic E-state index is 0.471. The van der Waals surface area contributed by atoms with Crippen LogP contribution in [-0.2, 0) is 0 Å². The second-order valence-electron chi connectivity index (χ2n) is 5.14. The first-order valence-electron chi connectivity index (χ1n) is 7.62. The highest BCUT2D eigenvalue weighted by Crippen LogP contribution is 2.24. The summed E-state index contributed by atoms with van der Waals surface area (Å²) in [6, 6.07) is 11.2. The summed E-state index contributed by atoms with van der Waals surface area (Å²) in [7, 11) is 0. The molecule has 1 N–H and O–H groups in total. The third-order valence-electron chi connectivity index (χ3n) is 3.43. The third kappa shape index (κ3) is 3.45. The van der Waals surface area contributed by atoms with E-state index < -0.39 is 0 Å². The zero-order chi connectivity index (χ0) is 16.9. The van der Waals surface area contributed by atoms with Crippen LogP contribution < -0.4 is 5.32 Å². The van der Waals surface area contributed by atoms with E-state index in [-0.39, 0.29) is 0 Å². The van der Waals surface area contributed by atoms with Gasteiger partial charge >= 0.3 is 0 Å². The maximum absolute atomic E-state index is 4.66. The molecule has 0 atom stereocenters. The van der Waals surface area contributed by atoms with Crippen LogP contribution in [-0.4, -0.2) is 29.9 Å². The van der Waals surface area contributed by atoms with E-state index in [0.717, 1.165) is 16.8 Å². The van der Waals surface area contributed by atoms with Gasteiger partial charge in [0.15, 0.2) is 5.82 Å². The standard InChI is InChI=1S/C18H13N7/c1-3-14(12-20-6-1)15-11-16(25-18-21-7-2-8-22-18)24-17(23-15)13-4-9-19-10-5-13/h1-12H,(H,21,22,23,24,25). The van der Waals surface area contributed by atoms with Crippen LogP contribution in [0.2, 0.25) is 0 Å². The normalized spacial score (nSPS) is 10.4. The van der Waals surface area contributed by atoms with Crippen molar-refractivity contribution in [3.63, 3.8) is 0 Å². The Balaban J connectivity index is 1.80. The second kappa shape index (κ2) is 6.79. The van der Waals surface area contributed by atoms with Gasteiger partial charge in [0.05, 0.1) is 5.69 Å². The van der Waals surface area contributed by atoms with E-state index in [1.165, 1.54) is 0 Å². The van der Waals surface area contributed by atoms with Crippen molar-refractivity contribution in [1.82, 2.24) is 29.9 Å². The quantitative estimate of drug-likeness (QED) is 0.616. The number of pyridine rings is 2. The van der Waals surface area contributed by atoms with E-state index in [1.54, 1.807) is 43.2 Å². The molecule has 0 saturated heterocycles. The van der Waals surface area contributed by atoms with Crippen LogP contribution in [0.15, 0.2) is 73.6 Å². The molecule has 4 rings (SSSR count). The van der Waals surface area contributed by atoms with Crippen LogP contribution in [0.1, 0.15) is 0 Å². The van der Waals surface area contributed by atoms with Crippen molar-refractivity contribution in [2.75, 3.05) is 5.32 Å². The zero-order valence-electron chi connectivity index (χ0n) is 13.1. The molecule has 4 aromatic rings. The number of hydrogen-bond donors (Lipinski definition) is 1. The first-order valence-corrected chi connectivity index (χ1v) is 7.62. The van der Waals surface area contributed by atoms with Gasteiger partial charge in [0.1, 0.15) is 5.82 Å². The maximum Gasteiger partial charge on any atom is 0.228 e. The number of rotatable bonds is 4. The molecule has 0 aliphatic carbocycles. The number of aromatic nitrogens is 6. The summed E-state index contributed by atoms with van der Waals surface area (Å²) in [5.41, 5.74) is 2.53. The highest BCUT2D eigenvalue weighted by Gasteiger charge is 2.10. The summed E-state index contributed by atoms with van der Waals surface area (Å²) in [6.07, 6.45) is 10.3. The van der Waals surface area contributed by atoms with Crippen LogP contribution in [0.5, 0.6) is 0 Å². The highest BCUT2D eigenvalue weighted by atomic mass is 15.1. The molecule has 0 amide bonds. The molecule has 0 fully saturated rings. The molecule has 0 aromatic carbocycles. The molecule has 4 aromatic heterocycles. The molecule has 0 unspecified atom stereocenters. The van der Waals surface area contributed by atoms with Gasteiger partial charge < -0.3 is 5.32 Å². The van der Waals surface area contributed by atoms with E-state index >= 15 is 0 Å². The first kappa shape index (κ1) is 14.8. The lowest BCUT2D eigenvalue weighted by molar-refractivity contribution is 1.12. The van der Waals surface area contributed by atoms with Crippen LogP contribution >= 0.6 is 0 Å². The molecule has 0 saturated carbocycles. The Hall–Kier alpha value is -3.74. The van der Waals surface area contributed by atoms with Crippen LogP contribution in [0.4, 0.5) is 11.8 Å². The van der Waals surface area contributed by atoms with E-state index in [4.69, 9.17) is 0 Å². The van der Waals surface area contributed by atoms with Crippen molar-refractivity contribution in [3.05, 3.63) is 73.6 Å². The molecule has 7 nitrogen and oxygen atoms in total. The fraction of sp³-hybridized carbons (Fsp3) is 0. The Kier molecular flexibility index (Phi) is 4.03. The van der Waals surface area contributed by atoms with Crippen molar-refractivity contribution in [3.8, 4) is 22.6 Å². The average Bonchev–Trinajstić information content (AvgIpc) is 2.70. The number of nitrogens with one attached hydrogen (secondary N) is 1. The minimum atomic E-state index is 0.471. The molecular weight excluding hydrogens is 314 g/mol. The smallest absolute Gasteiger partial charge is 0.228 e. The summed E-state index contributed by atoms with van der Waals surface area (Å²) in [5, 5.41) is 3.11. The summed E-state index contributed by atoms with van der Waals surface area (Å²) >= 11 is 0. The van der Waals surface area contributed by atoms with Crippen molar-refractivity contribution >= 4 is 11.8 Å². The van der Waals surface area contributed by atoms with Gasteiger partial charge in [-0.25, -0.2) is 19.9 Å². The Morgan fingerprint density at radius 3 is 2.32 bits per heavy atom. The van der Waals surface area contributed by atoms with Crippen LogP contribution in [0.3, 0.4) is 0 Å². The predicted molar refractivity (Wildman–Crippen MR) is 93.8 cm³/mol. The van der Waals surface area contributed by atoms with E-state index in [0.29, 0.717) is 17.6 Å². The number of nitrogens with zero attached hydrogens (tertiary/aromatic N) is 6. The Bertz CT molecular complexity index is 903. The summed E-state index contributed by atoms with van der Waals surface area (Å²) in [6.45, 7) is 0. The van der Waals surface area contributed by atoms with Gasteiger partial charge in [-0.3, -0.25) is 9.97 Å². The molecule has 7 heteroatoms. The molecule has 0 spiro atoms. The lowest BCUT2D eigenvalue weighted by Gasteiger charge is -2.09. The molecule has 0 aliphatic rings. The first-order chi connectivity index (χ1) is 12.4. The molecular formula is C18H13N7. The summed E-state index contributed by atoms with van der Waals surface area (Å²) < 4.78 is 0. The summed E-state index contributed by atoms with van der Waals surface area (Å²) in [4.78, 5) is 25.8. The number of hydrogen-bond acceptors (Lipinski definition) is 7. The van der Waals surface area contributed by atoms with Gasteiger partial charge in [-0.1, -0.05) is 0 Å². The molecule has 0 aliphatic heterocycles. The average molecular weight is 327 g/mol. The van der Waals surface area contributed by atoms with E-state index in [2.05, 4.69) is 35.2 Å². The Morgan fingerprint density at radius 1 is 0.720 bits per heavy atom. The van der Waals surface area contributed by atoms with Crippen LogP contribution in [0, 0.1) is 0 Å².